The van der Waals surface area contributed by atoms with Gasteiger partial charge in [0.1, 0.15) is 5.75 Å². The second-order valence-electron chi connectivity index (χ2n) is 6.27. The maximum atomic E-state index is 5.68. The monoisotopic (exact) mass is 358 g/mol. The molecule has 0 radical (unpaired) electrons. The third kappa shape index (κ3) is 5.49. The molecular formula is C19H30N6O. The number of aromatic nitrogens is 2. The standard InChI is InChI=1S/C19H30N6O/c1-6-26-18-10-8-7-9-15(18)11-21-19(20-2)22-13-17(24(3)4)16-12-23-25(5)14-16/h7-10,12,14,17H,6,11,13H2,1-5H3,(H2,20,21,22). The van der Waals surface area contributed by atoms with Gasteiger partial charge in [-0.25, -0.2) is 0 Å². The van der Waals surface area contributed by atoms with Crippen molar-refractivity contribution in [1.29, 1.82) is 0 Å². The summed E-state index contributed by atoms with van der Waals surface area (Å²) >= 11 is 0. The Bertz CT molecular complexity index is 710. The van der Waals surface area contributed by atoms with Crippen molar-refractivity contribution in [2.45, 2.75) is 19.5 Å². The zero-order valence-corrected chi connectivity index (χ0v) is 16.4. The molecule has 1 aromatic heterocycles. The molecule has 2 aromatic rings. The van der Waals surface area contributed by atoms with Crippen LogP contribution in [0.1, 0.15) is 24.1 Å². The van der Waals surface area contributed by atoms with Gasteiger partial charge in [0.25, 0.3) is 0 Å². The average Bonchev–Trinajstić information content (AvgIpc) is 3.05. The first-order valence-corrected chi connectivity index (χ1v) is 8.85. The largest absolute Gasteiger partial charge is 0.494 e. The van der Waals surface area contributed by atoms with Gasteiger partial charge in [-0.1, -0.05) is 18.2 Å². The quantitative estimate of drug-likeness (QED) is 0.556. The highest BCUT2D eigenvalue weighted by Crippen LogP contribution is 2.18. The van der Waals surface area contributed by atoms with Crippen molar-refractivity contribution in [2.24, 2.45) is 12.0 Å². The van der Waals surface area contributed by atoms with E-state index < -0.39 is 0 Å². The van der Waals surface area contributed by atoms with E-state index in [1.54, 1.807) is 7.05 Å². The first-order valence-electron chi connectivity index (χ1n) is 8.85. The lowest BCUT2D eigenvalue weighted by Crippen LogP contribution is -2.41. The third-order valence-corrected chi connectivity index (χ3v) is 4.14. The maximum absolute atomic E-state index is 5.68. The number of para-hydroxylation sites is 1. The number of hydrogen-bond donors (Lipinski definition) is 2. The van der Waals surface area contributed by atoms with Gasteiger partial charge in [0, 0.05) is 44.5 Å². The van der Waals surface area contributed by atoms with Crippen LogP contribution in [0.5, 0.6) is 5.75 Å². The SMILES string of the molecule is CCOc1ccccc1CNC(=NC)NCC(c1cnn(C)c1)N(C)C. The van der Waals surface area contributed by atoms with E-state index in [9.17, 15) is 0 Å². The van der Waals surface area contributed by atoms with E-state index in [-0.39, 0.29) is 6.04 Å². The van der Waals surface area contributed by atoms with Crippen molar-refractivity contribution >= 4 is 5.96 Å². The van der Waals surface area contributed by atoms with E-state index in [1.165, 1.54) is 5.56 Å². The molecular weight excluding hydrogens is 328 g/mol. The van der Waals surface area contributed by atoms with Crippen LogP contribution in [0, 0.1) is 0 Å². The molecule has 0 aliphatic carbocycles. The minimum atomic E-state index is 0.206. The van der Waals surface area contributed by atoms with Gasteiger partial charge in [-0.05, 0) is 27.1 Å². The molecule has 2 rings (SSSR count). The van der Waals surface area contributed by atoms with Gasteiger partial charge in [-0.2, -0.15) is 5.10 Å². The highest BCUT2D eigenvalue weighted by molar-refractivity contribution is 5.79. The van der Waals surface area contributed by atoms with E-state index in [1.807, 2.05) is 49.2 Å². The molecule has 2 N–H and O–H groups in total. The van der Waals surface area contributed by atoms with Crippen LogP contribution >= 0.6 is 0 Å². The minimum Gasteiger partial charge on any atom is -0.494 e. The average molecular weight is 358 g/mol. The molecule has 0 aliphatic rings. The fourth-order valence-electron chi connectivity index (χ4n) is 2.75. The van der Waals surface area contributed by atoms with Crippen molar-refractivity contribution in [3.05, 3.63) is 47.8 Å². The van der Waals surface area contributed by atoms with E-state index >= 15 is 0 Å². The van der Waals surface area contributed by atoms with E-state index in [0.29, 0.717) is 13.2 Å². The summed E-state index contributed by atoms with van der Waals surface area (Å²) in [6, 6.07) is 8.25. The number of rotatable bonds is 8. The maximum Gasteiger partial charge on any atom is 0.191 e. The molecule has 142 valence electrons. The number of aliphatic imine (C=N–C) groups is 1. The summed E-state index contributed by atoms with van der Waals surface area (Å²) in [5, 5.41) is 11.0. The summed E-state index contributed by atoms with van der Waals surface area (Å²) in [6.07, 6.45) is 3.95. The topological polar surface area (TPSA) is 66.7 Å². The molecule has 7 nitrogen and oxygen atoms in total. The summed E-state index contributed by atoms with van der Waals surface area (Å²) in [5.41, 5.74) is 2.27. The van der Waals surface area contributed by atoms with E-state index in [4.69, 9.17) is 4.74 Å². The van der Waals surface area contributed by atoms with Gasteiger partial charge >= 0.3 is 0 Å². The van der Waals surface area contributed by atoms with Crippen LogP contribution in [0.25, 0.3) is 0 Å². The Balaban J connectivity index is 1.95. The Morgan fingerprint density at radius 1 is 1.31 bits per heavy atom. The molecule has 1 unspecified atom stereocenters. The first kappa shape index (κ1) is 19.8. The van der Waals surface area contributed by atoms with Gasteiger partial charge in [0.15, 0.2) is 5.96 Å². The number of nitrogens with zero attached hydrogens (tertiary/aromatic N) is 4. The number of ether oxygens (including phenoxy) is 1. The lowest BCUT2D eigenvalue weighted by molar-refractivity contribution is 0.298. The van der Waals surface area contributed by atoms with E-state index in [0.717, 1.165) is 23.8 Å². The Labute approximate surface area is 156 Å². The number of hydrogen-bond acceptors (Lipinski definition) is 4. The van der Waals surface area contributed by atoms with Crippen LogP contribution < -0.4 is 15.4 Å². The predicted molar refractivity (Wildman–Crippen MR) is 105 cm³/mol. The fraction of sp³-hybridized carbons (Fsp3) is 0.474. The number of likely N-dealkylation sites (N-methyl/N-ethyl adjacent to an activating group) is 1. The molecule has 0 saturated heterocycles. The molecule has 1 atom stereocenters. The minimum absolute atomic E-state index is 0.206. The Morgan fingerprint density at radius 2 is 2.08 bits per heavy atom. The molecule has 0 bridgehead atoms. The Morgan fingerprint density at radius 3 is 2.69 bits per heavy atom. The van der Waals surface area contributed by atoms with Gasteiger partial charge in [-0.15, -0.1) is 0 Å². The van der Waals surface area contributed by atoms with Gasteiger partial charge in [0.2, 0.25) is 0 Å². The van der Waals surface area contributed by atoms with Crippen LogP contribution in [0.4, 0.5) is 0 Å². The van der Waals surface area contributed by atoms with Gasteiger partial charge < -0.3 is 20.3 Å². The van der Waals surface area contributed by atoms with Crippen molar-refractivity contribution in [3.63, 3.8) is 0 Å². The van der Waals surface area contributed by atoms with Crippen LogP contribution in [0.15, 0.2) is 41.7 Å². The number of aryl methyl sites for hydroxylation is 1. The number of guanidine groups is 1. The summed E-state index contributed by atoms with van der Waals surface area (Å²) in [4.78, 5) is 6.49. The van der Waals surface area contributed by atoms with Crippen LogP contribution in [0.2, 0.25) is 0 Å². The molecule has 0 fully saturated rings. The number of benzene rings is 1. The molecule has 1 heterocycles. The second kappa shape index (κ2) is 9.82. The zero-order valence-electron chi connectivity index (χ0n) is 16.4. The van der Waals surface area contributed by atoms with Crippen molar-refractivity contribution in [1.82, 2.24) is 25.3 Å². The Kier molecular flexibility index (Phi) is 7.47. The molecule has 0 spiro atoms. The van der Waals surface area contributed by atoms with E-state index in [2.05, 4.69) is 45.8 Å². The lowest BCUT2D eigenvalue weighted by atomic mass is 10.1. The van der Waals surface area contributed by atoms with Crippen LogP contribution in [0.3, 0.4) is 0 Å². The predicted octanol–water partition coefficient (Wildman–Crippen LogP) is 1.79. The Hall–Kier alpha value is -2.54. The second-order valence-corrected chi connectivity index (χ2v) is 6.27. The van der Waals surface area contributed by atoms with Crippen molar-refractivity contribution in [2.75, 3.05) is 34.3 Å². The normalized spacial score (nSPS) is 12.9. The number of nitrogens with one attached hydrogen (secondary N) is 2. The smallest absolute Gasteiger partial charge is 0.191 e. The zero-order chi connectivity index (χ0) is 18.9. The summed E-state index contributed by atoms with van der Waals surface area (Å²) in [5.74, 6) is 1.66. The lowest BCUT2D eigenvalue weighted by Gasteiger charge is -2.24. The first-order chi connectivity index (χ1) is 12.5. The highest BCUT2D eigenvalue weighted by Gasteiger charge is 2.16. The molecule has 0 saturated carbocycles. The van der Waals surface area contributed by atoms with Crippen LogP contribution in [-0.2, 0) is 13.6 Å². The summed E-state index contributed by atoms with van der Waals surface area (Å²) in [6.45, 7) is 4.02. The van der Waals surface area contributed by atoms with Crippen LogP contribution in [-0.4, -0.2) is 54.9 Å². The van der Waals surface area contributed by atoms with Gasteiger partial charge in [0.05, 0.1) is 18.8 Å². The molecule has 26 heavy (non-hydrogen) atoms. The fourth-order valence-corrected chi connectivity index (χ4v) is 2.75. The van der Waals surface area contributed by atoms with Crippen molar-refractivity contribution in [3.8, 4) is 5.75 Å². The van der Waals surface area contributed by atoms with Gasteiger partial charge in [-0.3, -0.25) is 9.67 Å². The van der Waals surface area contributed by atoms with Crippen molar-refractivity contribution < 1.29 is 4.74 Å². The molecule has 0 amide bonds. The molecule has 7 heteroatoms. The highest BCUT2D eigenvalue weighted by atomic mass is 16.5. The third-order valence-electron chi connectivity index (χ3n) is 4.14. The summed E-state index contributed by atoms with van der Waals surface area (Å²) in [7, 11) is 7.83. The molecule has 1 aromatic carbocycles. The molecule has 0 aliphatic heterocycles. The summed E-state index contributed by atoms with van der Waals surface area (Å²) < 4.78 is 7.50.